The number of hydrogen-bond acceptors (Lipinski definition) is 6. The monoisotopic (exact) mass is 355 g/mol. The molecule has 7 nitrogen and oxygen atoms in total. The van der Waals surface area contributed by atoms with Crippen LogP contribution in [0.15, 0.2) is 42.7 Å². The first kappa shape index (κ1) is 18.0. The Morgan fingerprint density at radius 1 is 1.15 bits per heavy atom. The average molecular weight is 355 g/mol. The Morgan fingerprint density at radius 3 is 2.65 bits per heavy atom. The molecule has 7 heteroatoms. The van der Waals surface area contributed by atoms with E-state index in [0.717, 1.165) is 44.0 Å². The first-order valence-corrected chi connectivity index (χ1v) is 8.94. The minimum Gasteiger partial charge on any atom is -0.497 e. The highest BCUT2D eigenvalue weighted by molar-refractivity contribution is 5.76. The summed E-state index contributed by atoms with van der Waals surface area (Å²) in [7, 11) is 1.68. The van der Waals surface area contributed by atoms with Gasteiger partial charge in [-0.1, -0.05) is 6.07 Å². The highest BCUT2D eigenvalue weighted by Gasteiger charge is 2.21. The van der Waals surface area contributed by atoms with Gasteiger partial charge in [0.1, 0.15) is 5.75 Å². The molecule has 1 N–H and O–H groups in total. The number of amides is 1. The lowest BCUT2D eigenvalue weighted by Crippen LogP contribution is -2.48. The molecule has 2 aromatic rings. The topological polar surface area (TPSA) is 70.6 Å². The van der Waals surface area contributed by atoms with Gasteiger partial charge in [0.15, 0.2) is 0 Å². The zero-order chi connectivity index (χ0) is 18.2. The largest absolute Gasteiger partial charge is 0.497 e. The number of aromatic nitrogens is 2. The van der Waals surface area contributed by atoms with Gasteiger partial charge in [-0.05, 0) is 24.6 Å². The number of methoxy groups -OCH3 is 1. The van der Waals surface area contributed by atoms with E-state index in [4.69, 9.17) is 4.74 Å². The van der Waals surface area contributed by atoms with Crippen LogP contribution >= 0.6 is 0 Å². The molecule has 0 atom stereocenters. The Balaban J connectivity index is 1.39. The molecular formula is C19H25N5O2. The molecule has 0 radical (unpaired) electrons. The normalized spacial score (nSPS) is 14.2. The van der Waals surface area contributed by atoms with Gasteiger partial charge in [-0.3, -0.25) is 4.79 Å². The van der Waals surface area contributed by atoms with Gasteiger partial charge < -0.3 is 19.9 Å². The number of rotatable bonds is 7. The van der Waals surface area contributed by atoms with Crippen molar-refractivity contribution in [1.82, 2.24) is 14.9 Å². The lowest BCUT2D eigenvalue weighted by molar-refractivity contribution is -0.131. The molecule has 1 fully saturated rings. The number of ether oxygens (including phenoxy) is 1. The summed E-state index contributed by atoms with van der Waals surface area (Å²) in [6.07, 6.45) is 4.71. The molecule has 0 bridgehead atoms. The van der Waals surface area contributed by atoms with Gasteiger partial charge in [0.05, 0.1) is 7.11 Å². The van der Waals surface area contributed by atoms with Crippen molar-refractivity contribution >= 4 is 17.5 Å². The Bertz CT molecular complexity index is 702. The maximum atomic E-state index is 12.4. The van der Waals surface area contributed by atoms with Gasteiger partial charge in [0.25, 0.3) is 0 Å². The summed E-state index contributed by atoms with van der Waals surface area (Å²) in [6.45, 7) is 3.89. The molecule has 2 heterocycles. The van der Waals surface area contributed by atoms with Gasteiger partial charge in [0.2, 0.25) is 11.9 Å². The summed E-state index contributed by atoms with van der Waals surface area (Å²) < 4.78 is 5.29. The van der Waals surface area contributed by atoms with Crippen molar-refractivity contribution in [2.75, 3.05) is 50.1 Å². The quantitative estimate of drug-likeness (QED) is 0.767. The van der Waals surface area contributed by atoms with Crippen molar-refractivity contribution in [2.45, 2.75) is 12.8 Å². The van der Waals surface area contributed by atoms with Crippen molar-refractivity contribution in [2.24, 2.45) is 0 Å². The van der Waals surface area contributed by atoms with E-state index in [-0.39, 0.29) is 5.91 Å². The Hall–Kier alpha value is -2.83. The lowest BCUT2D eigenvalue weighted by Gasteiger charge is -2.36. The highest BCUT2D eigenvalue weighted by Crippen LogP contribution is 2.22. The summed E-state index contributed by atoms with van der Waals surface area (Å²) in [5.41, 5.74) is 1.14. The van der Waals surface area contributed by atoms with Crippen LogP contribution in [0.2, 0.25) is 0 Å². The van der Waals surface area contributed by atoms with E-state index in [1.165, 1.54) is 0 Å². The summed E-state index contributed by atoms with van der Waals surface area (Å²) in [5.74, 6) is 1.67. The summed E-state index contributed by atoms with van der Waals surface area (Å²) in [6, 6.07) is 9.83. The minimum atomic E-state index is 0.214. The fraction of sp³-hybridized carbons (Fsp3) is 0.421. The predicted octanol–water partition coefficient (Wildman–Crippen LogP) is 2.03. The van der Waals surface area contributed by atoms with Crippen molar-refractivity contribution in [3.8, 4) is 5.75 Å². The third-order valence-corrected chi connectivity index (χ3v) is 4.47. The number of nitrogens with zero attached hydrogens (tertiary/aromatic N) is 4. The van der Waals surface area contributed by atoms with Crippen molar-refractivity contribution in [3.05, 3.63) is 42.7 Å². The highest BCUT2D eigenvalue weighted by atomic mass is 16.5. The standard InChI is InChI=1S/C19H25N5O2/c1-26-17-6-2-5-16(15-17)23-11-13-24(14-12-23)18(25)7-3-8-20-19-21-9-4-10-22-19/h2,4-6,9-10,15H,3,7-8,11-14H2,1H3,(H,20,21,22). The van der Waals surface area contributed by atoms with E-state index in [2.05, 4.69) is 26.3 Å². The summed E-state index contributed by atoms with van der Waals surface area (Å²) in [4.78, 5) is 24.8. The number of carbonyl (C=O) groups is 1. The Kier molecular flexibility index (Phi) is 6.24. The number of carbonyl (C=O) groups excluding carboxylic acids is 1. The maximum Gasteiger partial charge on any atom is 0.222 e. The average Bonchev–Trinajstić information content (AvgIpc) is 2.72. The molecule has 0 saturated carbocycles. The van der Waals surface area contributed by atoms with Crippen LogP contribution < -0.4 is 15.0 Å². The van der Waals surface area contributed by atoms with Crippen LogP contribution in [0.5, 0.6) is 5.75 Å². The van der Waals surface area contributed by atoms with Crippen molar-refractivity contribution < 1.29 is 9.53 Å². The number of piperazine rings is 1. The van der Waals surface area contributed by atoms with Crippen LogP contribution in [-0.2, 0) is 4.79 Å². The van der Waals surface area contributed by atoms with Gasteiger partial charge >= 0.3 is 0 Å². The molecule has 26 heavy (non-hydrogen) atoms. The lowest BCUT2D eigenvalue weighted by atomic mass is 10.2. The van der Waals surface area contributed by atoms with E-state index in [0.29, 0.717) is 18.9 Å². The van der Waals surface area contributed by atoms with E-state index < -0.39 is 0 Å². The fourth-order valence-corrected chi connectivity index (χ4v) is 3.01. The van der Waals surface area contributed by atoms with Crippen LogP contribution in [0, 0.1) is 0 Å². The third kappa shape index (κ3) is 4.84. The minimum absolute atomic E-state index is 0.214. The van der Waals surface area contributed by atoms with Crippen LogP contribution in [-0.4, -0.2) is 60.6 Å². The number of hydrogen-bond donors (Lipinski definition) is 1. The fourth-order valence-electron chi connectivity index (χ4n) is 3.01. The van der Waals surface area contributed by atoms with Gasteiger partial charge in [-0.15, -0.1) is 0 Å². The Morgan fingerprint density at radius 2 is 1.92 bits per heavy atom. The SMILES string of the molecule is COc1cccc(N2CCN(C(=O)CCCNc3ncccn3)CC2)c1. The molecule has 3 rings (SSSR count). The van der Waals surface area contributed by atoms with Crippen molar-refractivity contribution in [3.63, 3.8) is 0 Å². The van der Waals surface area contributed by atoms with E-state index in [1.54, 1.807) is 25.6 Å². The maximum absolute atomic E-state index is 12.4. The van der Waals surface area contributed by atoms with Gasteiger partial charge in [0, 0.05) is 63.3 Å². The molecule has 1 amide bonds. The van der Waals surface area contributed by atoms with Crippen LogP contribution in [0.25, 0.3) is 0 Å². The molecule has 1 aromatic carbocycles. The van der Waals surface area contributed by atoms with Crippen LogP contribution in [0.1, 0.15) is 12.8 Å². The Labute approximate surface area is 154 Å². The molecule has 138 valence electrons. The number of anilines is 2. The third-order valence-electron chi connectivity index (χ3n) is 4.47. The van der Waals surface area contributed by atoms with Gasteiger partial charge in [-0.2, -0.15) is 0 Å². The molecule has 0 unspecified atom stereocenters. The second-order valence-corrected chi connectivity index (χ2v) is 6.17. The van der Waals surface area contributed by atoms with Crippen molar-refractivity contribution in [1.29, 1.82) is 0 Å². The van der Waals surface area contributed by atoms with E-state index in [1.807, 2.05) is 23.1 Å². The van der Waals surface area contributed by atoms with E-state index in [9.17, 15) is 4.79 Å². The van der Waals surface area contributed by atoms with Crippen LogP contribution in [0.4, 0.5) is 11.6 Å². The first-order valence-electron chi connectivity index (χ1n) is 8.94. The summed E-state index contributed by atoms with van der Waals surface area (Å²) in [5, 5.41) is 3.13. The second-order valence-electron chi connectivity index (χ2n) is 6.17. The van der Waals surface area contributed by atoms with E-state index >= 15 is 0 Å². The smallest absolute Gasteiger partial charge is 0.222 e. The molecule has 1 aromatic heterocycles. The van der Waals surface area contributed by atoms with Crippen LogP contribution in [0.3, 0.4) is 0 Å². The zero-order valence-corrected chi connectivity index (χ0v) is 15.1. The predicted molar refractivity (Wildman–Crippen MR) is 102 cm³/mol. The zero-order valence-electron chi connectivity index (χ0n) is 15.1. The molecule has 1 saturated heterocycles. The number of nitrogens with one attached hydrogen (secondary N) is 1. The molecule has 1 aliphatic heterocycles. The first-order chi connectivity index (χ1) is 12.8. The number of benzene rings is 1. The van der Waals surface area contributed by atoms with Gasteiger partial charge in [-0.25, -0.2) is 9.97 Å². The molecule has 0 spiro atoms. The molecule has 0 aliphatic carbocycles. The second kappa shape index (κ2) is 9.03. The summed E-state index contributed by atoms with van der Waals surface area (Å²) >= 11 is 0. The molecule has 1 aliphatic rings. The molecular weight excluding hydrogens is 330 g/mol.